The molecule has 2 rings (SSSR count). The Morgan fingerprint density at radius 1 is 1.45 bits per heavy atom. The number of aryl methyl sites for hydroxylation is 1. The molecular formula is C13H12F2N2O2S. The summed E-state index contributed by atoms with van der Waals surface area (Å²) >= 11 is 1.07. The summed E-state index contributed by atoms with van der Waals surface area (Å²) in [6, 6.07) is 2.30. The quantitative estimate of drug-likeness (QED) is 0.915. The fourth-order valence-corrected chi connectivity index (χ4v) is 2.35. The molecule has 2 N–H and O–H groups in total. The van der Waals surface area contributed by atoms with Crippen molar-refractivity contribution in [2.45, 2.75) is 20.0 Å². The minimum atomic E-state index is -0.932. The van der Waals surface area contributed by atoms with E-state index >= 15 is 0 Å². The van der Waals surface area contributed by atoms with Gasteiger partial charge in [0, 0.05) is 5.38 Å². The molecule has 1 atom stereocenters. The number of hydrogen-bond acceptors (Lipinski definition) is 4. The predicted octanol–water partition coefficient (Wildman–Crippen LogP) is 3.04. The van der Waals surface area contributed by atoms with E-state index in [1.54, 1.807) is 5.38 Å². The highest BCUT2D eigenvalue weighted by Gasteiger charge is 2.20. The SMILES string of the molecule is Cc1ccc(F)c(C(=O)Nc2nc(C(C)O)cs2)c1F. The van der Waals surface area contributed by atoms with Gasteiger partial charge in [0.05, 0.1) is 11.8 Å². The Hall–Kier alpha value is -1.86. The van der Waals surface area contributed by atoms with Crippen molar-refractivity contribution in [3.8, 4) is 0 Å². The van der Waals surface area contributed by atoms with Crippen molar-refractivity contribution in [1.29, 1.82) is 0 Å². The van der Waals surface area contributed by atoms with E-state index in [-0.39, 0.29) is 10.7 Å². The largest absolute Gasteiger partial charge is 0.387 e. The molecule has 4 nitrogen and oxygen atoms in total. The molecular weight excluding hydrogens is 286 g/mol. The van der Waals surface area contributed by atoms with Crippen LogP contribution in [0.5, 0.6) is 0 Å². The van der Waals surface area contributed by atoms with Gasteiger partial charge >= 0.3 is 0 Å². The van der Waals surface area contributed by atoms with Crippen molar-refractivity contribution < 1.29 is 18.7 Å². The summed E-state index contributed by atoms with van der Waals surface area (Å²) in [5.74, 6) is -2.73. The highest BCUT2D eigenvalue weighted by molar-refractivity contribution is 7.14. The molecule has 0 aliphatic rings. The molecule has 0 bridgehead atoms. The smallest absolute Gasteiger partial charge is 0.263 e. The van der Waals surface area contributed by atoms with Gasteiger partial charge in [-0.15, -0.1) is 11.3 Å². The van der Waals surface area contributed by atoms with Crippen LogP contribution in [0.25, 0.3) is 0 Å². The Balaban J connectivity index is 2.26. The van der Waals surface area contributed by atoms with E-state index in [4.69, 9.17) is 0 Å². The third-order valence-corrected chi connectivity index (χ3v) is 3.46. The normalized spacial score (nSPS) is 12.2. The van der Waals surface area contributed by atoms with Crippen molar-refractivity contribution in [1.82, 2.24) is 4.98 Å². The van der Waals surface area contributed by atoms with Gasteiger partial charge in [0.25, 0.3) is 5.91 Å². The first kappa shape index (κ1) is 14.5. The molecule has 2 aromatic rings. The van der Waals surface area contributed by atoms with Crippen LogP contribution in [0.2, 0.25) is 0 Å². The van der Waals surface area contributed by atoms with Gasteiger partial charge in [-0.3, -0.25) is 10.1 Å². The van der Waals surface area contributed by atoms with E-state index < -0.39 is 29.2 Å². The summed E-state index contributed by atoms with van der Waals surface area (Å²) < 4.78 is 27.4. The third kappa shape index (κ3) is 2.83. The summed E-state index contributed by atoms with van der Waals surface area (Å²) in [5, 5.41) is 13.4. The molecule has 20 heavy (non-hydrogen) atoms. The number of carbonyl (C=O) groups excluding carboxylic acids is 1. The van der Waals surface area contributed by atoms with Crippen LogP contribution in [0.1, 0.15) is 34.6 Å². The van der Waals surface area contributed by atoms with Crippen LogP contribution in [0, 0.1) is 18.6 Å². The first-order valence-electron chi connectivity index (χ1n) is 5.79. The van der Waals surface area contributed by atoms with Crippen molar-refractivity contribution in [2.75, 3.05) is 5.32 Å². The number of nitrogens with one attached hydrogen (secondary N) is 1. The Morgan fingerprint density at radius 3 is 2.75 bits per heavy atom. The second kappa shape index (κ2) is 5.64. The molecule has 0 fully saturated rings. The summed E-state index contributed by atoms with van der Waals surface area (Å²) in [5.41, 5.74) is -0.0744. The van der Waals surface area contributed by atoms with Gasteiger partial charge in [-0.25, -0.2) is 13.8 Å². The number of aliphatic hydroxyl groups excluding tert-OH is 1. The number of benzene rings is 1. The van der Waals surface area contributed by atoms with E-state index in [2.05, 4.69) is 10.3 Å². The first-order valence-corrected chi connectivity index (χ1v) is 6.67. The minimum absolute atomic E-state index is 0.172. The van der Waals surface area contributed by atoms with E-state index in [1.165, 1.54) is 19.9 Å². The van der Waals surface area contributed by atoms with Gasteiger partial charge in [0.2, 0.25) is 0 Å². The number of anilines is 1. The lowest BCUT2D eigenvalue weighted by atomic mass is 10.1. The van der Waals surface area contributed by atoms with Crippen LogP contribution in [-0.4, -0.2) is 16.0 Å². The van der Waals surface area contributed by atoms with Crippen molar-refractivity contribution >= 4 is 22.4 Å². The van der Waals surface area contributed by atoms with E-state index in [0.717, 1.165) is 17.4 Å². The maximum Gasteiger partial charge on any atom is 0.263 e. The highest BCUT2D eigenvalue weighted by Crippen LogP contribution is 2.22. The molecule has 1 aromatic heterocycles. The number of amides is 1. The van der Waals surface area contributed by atoms with Crippen LogP contribution < -0.4 is 5.32 Å². The number of hydrogen-bond donors (Lipinski definition) is 2. The molecule has 7 heteroatoms. The van der Waals surface area contributed by atoms with Crippen LogP contribution in [0.4, 0.5) is 13.9 Å². The van der Waals surface area contributed by atoms with Gasteiger partial charge in [0.1, 0.15) is 17.2 Å². The van der Waals surface area contributed by atoms with E-state index in [1.807, 2.05) is 0 Å². The number of aromatic nitrogens is 1. The zero-order chi connectivity index (χ0) is 14.9. The Morgan fingerprint density at radius 2 is 2.15 bits per heavy atom. The van der Waals surface area contributed by atoms with Crippen molar-refractivity contribution in [3.63, 3.8) is 0 Å². The first-order chi connectivity index (χ1) is 9.40. The van der Waals surface area contributed by atoms with Crippen molar-refractivity contribution in [3.05, 3.63) is 46.0 Å². The third-order valence-electron chi connectivity index (χ3n) is 2.68. The number of nitrogens with zero attached hydrogens (tertiary/aromatic N) is 1. The highest BCUT2D eigenvalue weighted by atomic mass is 32.1. The lowest BCUT2D eigenvalue weighted by Gasteiger charge is -2.06. The van der Waals surface area contributed by atoms with Crippen LogP contribution in [0.3, 0.4) is 0 Å². The monoisotopic (exact) mass is 298 g/mol. The predicted molar refractivity (Wildman–Crippen MR) is 71.8 cm³/mol. The lowest BCUT2D eigenvalue weighted by Crippen LogP contribution is -2.16. The van der Waals surface area contributed by atoms with Crippen LogP contribution in [-0.2, 0) is 0 Å². The summed E-state index contributed by atoms with van der Waals surface area (Å²) in [6.07, 6.45) is -0.774. The molecule has 0 aliphatic carbocycles. The number of thiazole rings is 1. The van der Waals surface area contributed by atoms with Gasteiger partial charge in [-0.05, 0) is 25.5 Å². The molecule has 1 aromatic carbocycles. The molecule has 106 valence electrons. The average Bonchev–Trinajstić information content (AvgIpc) is 2.83. The summed E-state index contributed by atoms with van der Waals surface area (Å²) in [6.45, 7) is 2.97. The number of carbonyl (C=O) groups is 1. The molecule has 1 unspecified atom stereocenters. The topological polar surface area (TPSA) is 62.2 Å². The van der Waals surface area contributed by atoms with Gasteiger partial charge < -0.3 is 5.11 Å². The average molecular weight is 298 g/mol. The number of aliphatic hydroxyl groups is 1. The Kier molecular flexibility index (Phi) is 4.10. The van der Waals surface area contributed by atoms with E-state index in [9.17, 15) is 18.7 Å². The molecule has 0 saturated heterocycles. The Labute approximate surface area is 118 Å². The number of rotatable bonds is 3. The minimum Gasteiger partial charge on any atom is -0.387 e. The zero-order valence-corrected chi connectivity index (χ0v) is 11.6. The molecule has 0 radical (unpaired) electrons. The molecule has 1 heterocycles. The molecule has 0 spiro atoms. The molecule has 1 amide bonds. The Bertz CT molecular complexity index is 656. The summed E-state index contributed by atoms with van der Waals surface area (Å²) in [7, 11) is 0. The van der Waals surface area contributed by atoms with Crippen LogP contribution in [0.15, 0.2) is 17.5 Å². The van der Waals surface area contributed by atoms with Gasteiger partial charge in [-0.1, -0.05) is 6.07 Å². The zero-order valence-electron chi connectivity index (χ0n) is 10.8. The second-order valence-electron chi connectivity index (χ2n) is 4.26. The van der Waals surface area contributed by atoms with E-state index in [0.29, 0.717) is 5.69 Å². The fraction of sp³-hybridized carbons (Fsp3) is 0.231. The van der Waals surface area contributed by atoms with Crippen molar-refractivity contribution in [2.24, 2.45) is 0 Å². The van der Waals surface area contributed by atoms with Crippen LogP contribution >= 0.6 is 11.3 Å². The summed E-state index contributed by atoms with van der Waals surface area (Å²) in [4.78, 5) is 15.8. The lowest BCUT2D eigenvalue weighted by molar-refractivity contribution is 0.101. The fourth-order valence-electron chi connectivity index (χ4n) is 1.56. The maximum atomic E-state index is 13.8. The molecule has 0 aliphatic heterocycles. The molecule has 0 saturated carbocycles. The number of halogens is 2. The second-order valence-corrected chi connectivity index (χ2v) is 5.12. The maximum absolute atomic E-state index is 13.8. The standard InChI is InChI=1S/C13H12F2N2O2S/c1-6-3-4-8(14)10(11(6)15)12(19)17-13-16-9(5-20-13)7(2)18/h3-5,7,18H,1-2H3,(H,16,17,19). The van der Waals surface area contributed by atoms with Gasteiger partial charge in [0.15, 0.2) is 5.13 Å². The van der Waals surface area contributed by atoms with Gasteiger partial charge in [-0.2, -0.15) is 0 Å².